The van der Waals surface area contributed by atoms with Crippen LogP contribution in [-0.4, -0.2) is 29.7 Å². The van der Waals surface area contributed by atoms with E-state index < -0.39 is 0 Å². The summed E-state index contributed by atoms with van der Waals surface area (Å²) in [7, 11) is 1.79. The minimum Gasteiger partial charge on any atom is -0.356 e. The van der Waals surface area contributed by atoms with Crippen molar-refractivity contribution < 1.29 is 4.52 Å². The summed E-state index contributed by atoms with van der Waals surface area (Å²) in [4.78, 5) is 8.66. The van der Waals surface area contributed by atoms with Crippen molar-refractivity contribution in [2.24, 2.45) is 4.99 Å². The number of benzene rings is 1. The van der Waals surface area contributed by atoms with E-state index in [-0.39, 0.29) is 24.0 Å². The monoisotopic (exact) mass is 471 g/mol. The van der Waals surface area contributed by atoms with E-state index in [4.69, 9.17) is 4.52 Å². The summed E-state index contributed by atoms with van der Waals surface area (Å²) in [6.45, 7) is 7.86. The number of aryl methyl sites for hydroxylation is 2. The molecule has 0 bridgehead atoms. The van der Waals surface area contributed by atoms with E-state index in [0.29, 0.717) is 11.8 Å². The molecule has 2 N–H and O–H groups in total. The lowest BCUT2D eigenvalue weighted by Crippen LogP contribution is -2.37. The zero-order valence-corrected chi connectivity index (χ0v) is 18.4. The largest absolute Gasteiger partial charge is 0.356 e. The quantitative estimate of drug-likeness (QED) is 0.266. The van der Waals surface area contributed by atoms with Gasteiger partial charge in [0.1, 0.15) is 0 Å². The Morgan fingerprint density at radius 3 is 2.54 bits per heavy atom. The van der Waals surface area contributed by atoms with Gasteiger partial charge in [0.2, 0.25) is 5.89 Å². The van der Waals surface area contributed by atoms with Gasteiger partial charge in [0.25, 0.3) is 0 Å². The van der Waals surface area contributed by atoms with E-state index in [1.807, 2.05) is 0 Å². The fourth-order valence-electron chi connectivity index (χ4n) is 2.52. The first-order valence-electron chi connectivity index (χ1n) is 8.97. The number of aromatic nitrogens is 2. The summed E-state index contributed by atoms with van der Waals surface area (Å²) in [6, 6.07) is 8.48. The molecule has 0 unspecified atom stereocenters. The molecule has 0 spiro atoms. The number of guanidine groups is 1. The Morgan fingerprint density at radius 2 is 1.92 bits per heavy atom. The predicted molar refractivity (Wildman–Crippen MR) is 116 cm³/mol. The fraction of sp³-hybridized carbons (Fsp3) is 0.526. The molecule has 1 aromatic heterocycles. The molecule has 0 amide bonds. The van der Waals surface area contributed by atoms with Crippen LogP contribution >= 0.6 is 24.0 Å². The van der Waals surface area contributed by atoms with E-state index in [1.165, 1.54) is 11.1 Å². The molecular formula is C19H30IN5O. The van der Waals surface area contributed by atoms with Crippen LogP contribution < -0.4 is 10.6 Å². The molecular weight excluding hydrogens is 441 g/mol. The molecule has 26 heavy (non-hydrogen) atoms. The third kappa shape index (κ3) is 6.93. The van der Waals surface area contributed by atoms with Gasteiger partial charge >= 0.3 is 0 Å². The number of hydrogen-bond acceptors (Lipinski definition) is 4. The highest BCUT2D eigenvalue weighted by atomic mass is 127. The minimum atomic E-state index is 0. The topological polar surface area (TPSA) is 75.3 Å². The molecule has 144 valence electrons. The van der Waals surface area contributed by atoms with Crippen LogP contribution in [0.15, 0.2) is 33.8 Å². The van der Waals surface area contributed by atoms with E-state index >= 15 is 0 Å². The number of halogens is 1. The lowest BCUT2D eigenvalue weighted by atomic mass is 10.1. The standard InChI is InChI=1S/C19H29N5O.HI/c1-5-15-9-6-7-10-16(15)13-22-19(20-4)21-12-8-11-17-23-18(14(2)3)24-25-17;/h6-7,9-10,14H,5,8,11-13H2,1-4H3,(H2,20,21,22);1H. The maximum Gasteiger partial charge on any atom is 0.226 e. The molecule has 0 aliphatic rings. The zero-order chi connectivity index (χ0) is 18.1. The minimum absolute atomic E-state index is 0. The van der Waals surface area contributed by atoms with Gasteiger partial charge in [-0.05, 0) is 24.0 Å². The third-order valence-corrected chi connectivity index (χ3v) is 4.03. The number of nitrogens with one attached hydrogen (secondary N) is 2. The van der Waals surface area contributed by atoms with Crippen LogP contribution in [0.4, 0.5) is 0 Å². The Hall–Kier alpha value is -1.64. The average Bonchev–Trinajstić information content (AvgIpc) is 3.10. The van der Waals surface area contributed by atoms with Crippen LogP contribution in [0.5, 0.6) is 0 Å². The molecule has 1 aromatic carbocycles. The Kier molecular flexibility index (Phi) is 10.2. The van der Waals surface area contributed by atoms with E-state index in [2.05, 4.69) is 70.8 Å². The summed E-state index contributed by atoms with van der Waals surface area (Å²) in [5, 5.41) is 10.7. The molecule has 2 aromatic rings. The molecule has 0 fully saturated rings. The number of rotatable bonds is 8. The van der Waals surface area contributed by atoms with Crippen molar-refractivity contribution in [2.75, 3.05) is 13.6 Å². The first kappa shape index (κ1) is 22.4. The Balaban J connectivity index is 0.00000338. The highest BCUT2D eigenvalue weighted by Gasteiger charge is 2.09. The summed E-state index contributed by atoms with van der Waals surface area (Å²) >= 11 is 0. The normalized spacial score (nSPS) is 11.3. The van der Waals surface area contributed by atoms with Gasteiger partial charge in [-0.3, -0.25) is 4.99 Å². The molecule has 1 heterocycles. The van der Waals surface area contributed by atoms with Crippen molar-refractivity contribution >= 4 is 29.9 Å². The second kappa shape index (κ2) is 11.9. The second-order valence-corrected chi connectivity index (χ2v) is 6.28. The van der Waals surface area contributed by atoms with Crippen LogP contribution in [-0.2, 0) is 19.4 Å². The van der Waals surface area contributed by atoms with E-state index in [9.17, 15) is 0 Å². The van der Waals surface area contributed by atoms with Crippen LogP contribution in [0, 0.1) is 0 Å². The van der Waals surface area contributed by atoms with Gasteiger partial charge in [-0.2, -0.15) is 4.98 Å². The number of nitrogens with zero attached hydrogens (tertiary/aromatic N) is 3. The Bertz CT molecular complexity index is 684. The van der Waals surface area contributed by atoms with Gasteiger partial charge in [0.15, 0.2) is 11.8 Å². The molecule has 0 atom stereocenters. The average molecular weight is 471 g/mol. The second-order valence-electron chi connectivity index (χ2n) is 6.28. The van der Waals surface area contributed by atoms with Crippen molar-refractivity contribution in [2.45, 2.75) is 52.5 Å². The Morgan fingerprint density at radius 1 is 1.19 bits per heavy atom. The van der Waals surface area contributed by atoms with E-state index in [1.54, 1.807) is 7.05 Å². The van der Waals surface area contributed by atoms with Crippen molar-refractivity contribution in [3.63, 3.8) is 0 Å². The van der Waals surface area contributed by atoms with Gasteiger partial charge in [0.05, 0.1) is 0 Å². The van der Waals surface area contributed by atoms with Crippen molar-refractivity contribution in [1.82, 2.24) is 20.8 Å². The SMILES string of the molecule is CCc1ccccc1CNC(=NC)NCCCc1nc(C(C)C)no1.I. The summed E-state index contributed by atoms with van der Waals surface area (Å²) < 4.78 is 5.26. The lowest BCUT2D eigenvalue weighted by Gasteiger charge is -2.13. The van der Waals surface area contributed by atoms with Gasteiger partial charge in [-0.25, -0.2) is 0 Å². The summed E-state index contributed by atoms with van der Waals surface area (Å²) in [5.74, 6) is 2.57. The molecule has 2 rings (SSSR count). The van der Waals surface area contributed by atoms with Crippen molar-refractivity contribution in [1.29, 1.82) is 0 Å². The molecule has 6 nitrogen and oxygen atoms in total. The molecule has 0 aliphatic carbocycles. The first-order valence-corrected chi connectivity index (χ1v) is 8.97. The highest BCUT2D eigenvalue weighted by molar-refractivity contribution is 14.0. The Labute approximate surface area is 173 Å². The lowest BCUT2D eigenvalue weighted by molar-refractivity contribution is 0.368. The van der Waals surface area contributed by atoms with Crippen molar-refractivity contribution in [3.05, 3.63) is 47.1 Å². The summed E-state index contributed by atoms with van der Waals surface area (Å²) in [6.07, 6.45) is 2.71. The summed E-state index contributed by atoms with van der Waals surface area (Å²) in [5.41, 5.74) is 2.67. The van der Waals surface area contributed by atoms with Gasteiger partial charge in [-0.15, -0.1) is 24.0 Å². The van der Waals surface area contributed by atoms with Crippen molar-refractivity contribution in [3.8, 4) is 0 Å². The smallest absolute Gasteiger partial charge is 0.226 e. The zero-order valence-electron chi connectivity index (χ0n) is 16.1. The van der Waals surface area contributed by atoms with Crippen LogP contribution in [0.1, 0.15) is 56.0 Å². The van der Waals surface area contributed by atoms with Crippen LogP contribution in [0.2, 0.25) is 0 Å². The third-order valence-electron chi connectivity index (χ3n) is 4.03. The van der Waals surface area contributed by atoms with Gasteiger partial charge in [0, 0.05) is 32.5 Å². The molecule has 0 radical (unpaired) electrons. The number of hydrogen-bond donors (Lipinski definition) is 2. The molecule has 0 saturated carbocycles. The predicted octanol–water partition coefficient (Wildman–Crippen LogP) is 3.67. The molecule has 0 saturated heterocycles. The number of aliphatic imine (C=N–C) groups is 1. The highest BCUT2D eigenvalue weighted by Crippen LogP contribution is 2.10. The fourth-order valence-corrected chi connectivity index (χ4v) is 2.52. The van der Waals surface area contributed by atoms with E-state index in [0.717, 1.165) is 44.1 Å². The van der Waals surface area contributed by atoms with Crippen LogP contribution in [0.3, 0.4) is 0 Å². The molecule has 7 heteroatoms. The first-order chi connectivity index (χ1) is 12.1. The maximum absolute atomic E-state index is 5.26. The van der Waals surface area contributed by atoms with Crippen LogP contribution in [0.25, 0.3) is 0 Å². The van der Waals surface area contributed by atoms with Gasteiger partial charge < -0.3 is 15.2 Å². The van der Waals surface area contributed by atoms with Gasteiger partial charge in [-0.1, -0.05) is 50.2 Å². The molecule has 0 aliphatic heterocycles. The maximum atomic E-state index is 5.26.